The van der Waals surface area contributed by atoms with Gasteiger partial charge in [-0.2, -0.15) is 13.9 Å². The Morgan fingerprint density at radius 2 is 2.04 bits per heavy atom. The van der Waals surface area contributed by atoms with Crippen molar-refractivity contribution in [2.75, 3.05) is 5.32 Å². The second kappa shape index (κ2) is 7.49. The van der Waals surface area contributed by atoms with Crippen molar-refractivity contribution in [3.05, 3.63) is 71.3 Å². The summed E-state index contributed by atoms with van der Waals surface area (Å²) in [4.78, 5) is 12.3. The first-order valence-electron chi connectivity index (χ1n) is 7.29. The molecule has 0 atom stereocenters. The summed E-state index contributed by atoms with van der Waals surface area (Å²) in [5, 5.41) is 6.88. The molecule has 5 nitrogen and oxygen atoms in total. The molecule has 1 heterocycles. The Labute approximate surface area is 151 Å². The Kier molecular flexibility index (Phi) is 5.13. The van der Waals surface area contributed by atoms with E-state index in [1.807, 2.05) is 0 Å². The summed E-state index contributed by atoms with van der Waals surface area (Å²) < 4.78 is 43.9. The maximum atomic E-state index is 13.4. The molecule has 1 aromatic heterocycles. The Morgan fingerprint density at radius 3 is 2.77 bits per heavy atom. The molecule has 0 aliphatic heterocycles. The lowest BCUT2D eigenvalue weighted by Crippen LogP contribution is -2.13. The molecule has 26 heavy (non-hydrogen) atoms. The lowest BCUT2D eigenvalue weighted by Gasteiger charge is -2.11. The molecule has 9 heteroatoms. The van der Waals surface area contributed by atoms with Crippen LogP contribution in [0.4, 0.5) is 18.9 Å². The largest absolute Gasteiger partial charge is 0.433 e. The Balaban J connectivity index is 1.82. The summed E-state index contributed by atoms with van der Waals surface area (Å²) in [6.45, 7) is -3.11. The minimum Gasteiger partial charge on any atom is -0.433 e. The van der Waals surface area contributed by atoms with Crippen molar-refractivity contribution in [1.29, 1.82) is 0 Å². The third kappa shape index (κ3) is 4.15. The molecule has 0 spiro atoms. The number of halogens is 4. The number of amides is 1. The predicted molar refractivity (Wildman–Crippen MR) is 89.6 cm³/mol. The Bertz CT molecular complexity index is 947. The van der Waals surface area contributed by atoms with E-state index in [2.05, 4.69) is 15.2 Å². The van der Waals surface area contributed by atoms with Crippen LogP contribution in [-0.2, 0) is 0 Å². The van der Waals surface area contributed by atoms with Gasteiger partial charge in [-0.05, 0) is 30.3 Å². The number of benzene rings is 2. The molecule has 134 valence electrons. The minimum atomic E-state index is -3.11. The molecular weight excluding hydrogens is 371 g/mol. The monoisotopic (exact) mass is 381 g/mol. The van der Waals surface area contributed by atoms with Gasteiger partial charge in [-0.3, -0.25) is 4.79 Å². The topological polar surface area (TPSA) is 56.1 Å². The number of nitrogens with one attached hydrogen (secondary N) is 1. The first-order chi connectivity index (χ1) is 12.4. The SMILES string of the molecule is O=C(Nc1cc(F)ccc1OC(F)F)c1cnn(-c2cccc(Cl)c2)c1. The van der Waals surface area contributed by atoms with Crippen LogP contribution in [0.25, 0.3) is 5.69 Å². The van der Waals surface area contributed by atoms with E-state index in [1.165, 1.54) is 17.1 Å². The zero-order valence-corrected chi connectivity index (χ0v) is 13.8. The van der Waals surface area contributed by atoms with Crippen LogP contribution < -0.4 is 10.1 Å². The number of anilines is 1. The van der Waals surface area contributed by atoms with Gasteiger partial charge in [0.25, 0.3) is 5.91 Å². The maximum Gasteiger partial charge on any atom is 0.387 e. The molecule has 0 radical (unpaired) electrons. The number of hydrogen-bond donors (Lipinski definition) is 1. The van der Waals surface area contributed by atoms with Gasteiger partial charge in [0, 0.05) is 17.3 Å². The van der Waals surface area contributed by atoms with Crippen LogP contribution in [0.1, 0.15) is 10.4 Å². The highest BCUT2D eigenvalue weighted by molar-refractivity contribution is 6.30. The summed E-state index contributed by atoms with van der Waals surface area (Å²) in [7, 11) is 0. The maximum absolute atomic E-state index is 13.4. The van der Waals surface area contributed by atoms with Crippen LogP contribution in [0, 0.1) is 5.82 Å². The van der Waals surface area contributed by atoms with E-state index in [0.29, 0.717) is 10.7 Å². The molecule has 2 aromatic carbocycles. The fourth-order valence-electron chi connectivity index (χ4n) is 2.19. The number of carbonyl (C=O) groups excluding carboxylic acids is 1. The molecule has 0 aliphatic carbocycles. The lowest BCUT2D eigenvalue weighted by atomic mass is 10.2. The number of carbonyl (C=O) groups is 1. The predicted octanol–water partition coefficient (Wildman–Crippen LogP) is 4.52. The van der Waals surface area contributed by atoms with E-state index >= 15 is 0 Å². The average Bonchev–Trinajstić information content (AvgIpc) is 3.07. The molecule has 1 amide bonds. The molecular formula is C17H11ClF3N3O2. The van der Waals surface area contributed by atoms with Gasteiger partial charge in [0.15, 0.2) is 0 Å². The first-order valence-corrected chi connectivity index (χ1v) is 7.66. The number of hydrogen-bond acceptors (Lipinski definition) is 3. The fraction of sp³-hybridized carbons (Fsp3) is 0.0588. The van der Waals surface area contributed by atoms with Gasteiger partial charge in [-0.25, -0.2) is 9.07 Å². The van der Waals surface area contributed by atoms with Crippen LogP contribution in [0.3, 0.4) is 0 Å². The number of alkyl halides is 2. The molecule has 0 fully saturated rings. The summed E-state index contributed by atoms with van der Waals surface area (Å²) in [5.41, 5.74) is 0.548. The number of nitrogens with zero attached hydrogens (tertiary/aromatic N) is 2. The average molecular weight is 382 g/mol. The van der Waals surface area contributed by atoms with Crippen molar-refractivity contribution in [2.45, 2.75) is 6.61 Å². The zero-order chi connectivity index (χ0) is 18.7. The highest BCUT2D eigenvalue weighted by Crippen LogP contribution is 2.27. The van der Waals surface area contributed by atoms with Crippen LogP contribution in [0.2, 0.25) is 5.02 Å². The molecule has 0 bridgehead atoms. The van der Waals surface area contributed by atoms with E-state index in [-0.39, 0.29) is 17.0 Å². The molecule has 1 N–H and O–H groups in total. The highest BCUT2D eigenvalue weighted by Gasteiger charge is 2.15. The van der Waals surface area contributed by atoms with Crippen molar-refractivity contribution in [3.8, 4) is 11.4 Å². The molecule has 3 rings (SSSR count). The van der Waals surface area contributed by atoms with E-state index in [1.54, 1.807) is 24.3 Å². The lowest BCUT2D eigenvalue weighted by molar-refractivity contribution is -0.0494. The van der Waals surface area contributed by atoms with Crippen LogP contribution in [0.5, 0.6) is 5.75 Å². The van der Waals surface area contributed by atoms with Gasteiger partial charge in [0.1, 0.15) is 11.6 Å². The van der Waals surface area contributed by atoms with Crippen molar-refractivity contribution in [3.63, 3.8) is 0 Å². The van der Waals surface area contributed by atoms with Crippen molar-refractivity contribution >= 4 is 23.2 Å². The van der Waals surface area contributed by atoms with Crippen molar-refractivity contribution in [2.24, 2.45) is 0 Å². The van der Waals surface area contributed by atoms with Gasteiger partial charge in [-0.1, -0.05) is 17.7 Å². The summed E-state index contributed by atoms with van der Waals surface area (Å²) in [6.07, 6.45) is 2.71. The second-order valence-electron chi connectivity index (χ2n) is 5.13. The highest BCUT2D eigenvalue weighted by atomic mass is 35.5. The first kappa shape index (κ1) is 17.8. The van der Waals surface area contributed by atoms with Gasteiger partial charge in [0.2, 0.25) is 0 Å². The molecule has 0 saturated heterocycles. The summed E-state index contributed by atoms with van der Waals surface area (Å²) in [5.74, 6) is -1.73. The summed E-state index contributed by atoms with van der Waals surface area (Å²) in [6, 6.07) is 9.64. The normalized spacial score (nSPS) is 10.8. The standard InChI is InChI=1S/C17H11ClF3N3O2/c18-11-2-1-3-13(6-11)24-9-10(8-22-24)16(25)23-14-7-12(19)4-5-15(14)26-17(20)21/h1-9,17H,(H,23,25). The molecule has 3 aromatic rings. The third-order valence-electron chi connectivity index (χ3n) is 3.32. The third-order valence-corrected chi connectivity index (χ3v) is 3.56. The van der Waals surface area contributed by atoms with Crippen LogP contribution >= 0.6 is 11.6 Å². The van der Waals surface area contributed by atoms with E-state index in [0.717, 1.165) is 18.2 Å². The zero-order valence-electron chi connectivity index (χ0n) is 13.0. The smallest absolute Gasteiger partial charge is 0.387 e. The van der Waals surface area contributed by atoms with Crippen LogP contribution in [-0.4, -0.2) is 22.3 Å². The van der Waals surface area contributed by atoms with E-state index < -0.39 is 18.3 Å². The van der Waals surface area contributed by atoms with Crippen LogP contribution in [0.15, 0.2) is 54.9 Å². The number of aromatic nitrogens is 2. The Morgan fingerprint density at radius 1 is 1.23 bits per heavy atom. The number of rotatable bonds is 5. The number of ether oxygens (including phenoxy) is 1. The van der Waals surface area contributed by atoms with Gasteiger partial charge < -0.3 is 10.1 Å². The van der Waals surface area contributed by atoms with Gasteiger partial charge in [0.05, 0.1) is 23.1 Å². The molecule has 0 aliphatic rings. The van der Waals surface area contributed by atoms with Crippen molar-refractivity contribution in [1.82, 2.24) is 9.78 Å². The quantitative estimate of drug-likeness (QED) is 0.707. The van der Waals surface area contributed by atoms with Crippen molar-refractivity contribution < 1.29 is 22.7 Å². The van der Waals surface area contributed by atoms with E-state index in [9.17, 15) is 18.0 Å². The Hall–Kier alpha value is -3.00. The minimum absolute atomic E-state index is 0.136. The second-order valence-corrected chi connectivity index (χ2v) is 5.56. The molecule has 0 saturated carbocycles. The summed E-state index contributed by atoms with van der Waals surface area (Å²) >= 11 is 5.91. The molecule has 0 unspecified atom stereocenters. The van der Waals surface area contributed by atoms with Gasteiger partial charge in [-0.15, -0.1) is 0 Å². The van der Waals surface area contributed by atoms with Gasteiger partial charge >= 0.3 is 6.61 Å². The van der Waals surface area contributed by atoms with E-state index in [4.69, 9.17) is 11.6 Å². The fourth-order valence-corrected chi connectivity index (χ4v) is 2.38.